The summed E-state index contributed by atoms with van der Waals surface area (Å²) >= 11 is 3.27. The van der Waals surface area contributed by atoms with Crippen molar-refractivity contribution in [3.8, 4) is 6.07 Å². The van der Waals surface area contributed by atoms with Gasteiger partial charge in [0.2, 0.25) is 5.76 Å². The molecule has 0 unspecified atom stereocenters. The number of aromatic nitrogens is 1. The molecular weight excluding hydrogens is 368 g/mol. The maximum absolute atomic E-state index is 8.59. The van der Waals surface area contributed by atoms with E-state index in [2.05, 4.69) is 25.8 Å². The van der Waals surface area contributed by atoms with Crippen molar-refractivity contribution >= 4 is 32.7 Å². The van der Waals surface area contributed by atoms with Crippen LogP contribution in [0.1, 0.15) is 50.7 Å². The molecule has 2 fully saturated rings. The molecule has 1 aliphatic carbocycles. The number of nitrogen functional groups attached to an aromatic ring is 1. The number of hydrogen-bond acceptors (Lipinski definition) is 5. The predicted octanol–water partition coefficient (Wildman–Crippen LogP) is 4.46. The Morgan fingerprint density at radius 3 is 2.58 bits per heavy atom. The minimum atomic E-state index is 0.253. The largest absolute Gasteiger partial charge is 0.444 e. The van der Waals surface area contributed by atoms with E-state index in [-0.39, 0.29) is 5.76 Å². The van der Waals surface area contributed by atoms with Gasteiger partial charge in [0.05, 0.1) is 10.7 Å². The van der Waals surface area contributed by atoms with Gasteiger partial charge in [0, 0.05) is 17.5 Å². The predicted molar refractivity (Wildman–Crippen MR) is 98.5 cm³/mol. The Morgan fingerprint density at radius 2 is 1.92 bits per heavy atom. The molecule has 2 N–H and O–H groups in total. The van der Waals surface area contributed by atoms with Gasteiger partial charge in [-0.3, -0.25) is 0 Å². The van der Waals surface area contributed by atoms with E-state index in [4.69, 9.17) is 15.4 Å². The van der Waals surface area contributed by atoms with Crippen LogP contribution in [0.4, 0.5) is 5.82 Å². The molecular formula is C18H23BrN4O. The van der Waals surface area contributed by atoms with Crippen molar-refractivity contribution in [1.82, 2.24) is 9.88 Å². The fourth-order valence-corrected chi connectivity index (χ4v) is 4.02. The van der Waals surface area contributed by atoms with Gasteiger partial charge >= 0.3 is 0 Å². The van der Waals surface area contributed by atoms with Crippen molar-refractivity contribution in [2.45, 2.75) is 51.0 Å². The van der Waals surface area contributed by atoms with Crippen LogP contribution < -0.4 is 5.73 Å². The first-order valence-electron chi connectivity index (χ1n) is 8.66. The van der Waals surface area contributed by atoms with Gasteiger partial charge in [0.1, 0.15) is 11.9 Å². The van der Waals surface area contributed by atoms with Gasteiger partial charge in [0.15, 0.2) is 5.58 Å². The maximum atomic E-state index is 8.59. The molecule has 0 spiro atoms. The number of anilines is 1. The summed E-state index contributed by atoms with van der Waals surface area (Å²) < 4.78 is 5.81. The summed E-state index contributed by atoms with van der Waals surface area (Å²) in [5.41, 5.74) is 6.11. The molecule has 2 aliphatic rings. The molecule has 0 aromatic carbocycles. The molecule has 5 nitrogen and oxygen atoms in total. The van der Waals surface area contributed by atoms with E-state index in [1.54, 1.807) is 6.07 Å². The van der Waals surface area contributed by atoms with Crippen LogP contribution in [0.15, 0.2) is 21.2 Å². The normalized spacial score (nSPS) is 19.0. The molecule has 4 rings (SSSR count). The number of halogens is 1. The van der Waals surface area contributed by atoms with Crippen molar-refractivity contribution in [3.63, 3.8) is 0 Å². The van der Waals surface area contributed by atoms with Crippen LogP contribution in [0.25, 0.3) is 11.0 Å². The van der Waals surface area contributed by atoms with E-state index in [1.165, 1.54) is 64.2 Å². The molecule has 24 heavy (non-hydrogen) atoms. The molecule has 1 saturated heterocycles. The summed E-state index contributed by atoms with van der Waals surface area (Å²) in [5, 5.41) is 9.36. The molecule has 3 heterocycles. The highest BCUT2D eigenvalue weighted by Crippen LogP contribution is 2.29. The van der Waals surface area contributed by atoms with E-state index >= 15 is 0 Å². The van der Waals surface area contributed by atoms with E-state index in [9.17, 15) is 0 Å². The zero-order valence-electron chi connectivity index (χ0n) is 13.8. The average molecular weight is 391 g/mol. The average Bonchev–Trinajstić information content (AvgIpc) is 3.29. The molecule has 0 atom stereocenters. The highest BCUT2D eigenvalue weighted by Gasteiger charge is 2.22. The van der Waals surface area contributed by atoms with Gasteiger partial charge in [0.25, 0.3) is 0 Å². The zero-order valence-corrected chi connectivity index (χ0v) is 15.4. The highest BCUT2D eigenvalue weighted by molar-refractivity contribution is 9.10. The lowest BCUT2D eigenvalue weighted by atomic mass is 9.94. The van der Waals surface area contributed by atoms with Crippen LogP contribution in [-0.4, -0.2) is 29.0 Å². The van der Waals surface area contributed by atoms with E-state index in [0.29, 0.717) is 15.9 Å². The molecule has 2 aromatic rings. The molecule has 6 heteroatoms. The molecule has 0 amide bonds. The topological polar surface area (TPSA) is 79.1 Å². The fraction of sp³-hybridized carbons (Fsp3) is 0.556. The highest BCUT2D eigenvalue weighted by atomic mass is 79.9. The molecule has 2 aromatic heterocycles. The molecule has 128 valence electrons. The number of nitriles is 1. The van der Waals surface area contributed by atoms with Crippen LogP contribution >= 0.6 is 15.9 Å². The van der Waals surface area contributed by atoms with E-state index < -0.39 is 0 Å². The standard InChI is InChI=1S/C10H19N.C8H4BrN3O/c1-2-6-10(7-3-1)11-8-4-5-9-11;9-7-5-1-4(2-10)13-6(5)3-12-8(7)11/h10H,1-9H2;1,3H,(H2,11,12). The Morgan fingerprint density at radius 1 is 1.21 bits per heavy atom. The first kappa shape index (κ1) is 17.2. The van der Waals surface area contributed by atoms with Crippen LogP contribution in [-0.2, 0) is 0 Å². The number of furan rings is 1. The lowest BCUT2D eigenvalue weighted by molar-refractivity contribution is 0.191. The van der Waals surface area contributed by atoms with E-state index in [0.717, 1.165) is 11.4 Å². The van der Waals surface area contributed by atoms with E-state index in [1.807, 2.05) is 6.07 Å². The fourth-order valence-electron chi connectivity index (χ4n) is 3.60. The van der Waals surface area contributed by atoms with Crippen LogP contribution in [0.3, 0.4) is 0 Å². The van der Waals surface area contributed by atoms with Crippen LogP contribution in [0.5, 0.6) is 0 Å². The number of nitrogens with two attached hydrogens (primary N) is 1. The summed E-state index contributed by atoms with van der Waals surface area (Å²) in [6.07, 6.45) is 11.8. The maximum Gasteiger partial charge on any atom is 0.204 e. The third-order valence-electron chi connectivity index (χ3n) is 4.88. The SMILES string of the molecule is C1CCC(N2CCCC2)CC1.N#Cc1cc2c(Br)c(N)ncc2o1. The van der Waals surface area contributed by atoms with Crippen molar-refractivity contribution in [1.29, 1.82) is 5.26 Å². The molecule has 1 aliphatic heterocycles. The number of pyridine rings is 1. The second-order valence-electron chi connectivity index (χ2n) is 6.49. The zero-order chi connectivity index (χ0) is 16.9. The van der Waals surface area contributed by atoms with Gasteiger partial charge in [-0.1, -0.05) is 19.3 Å². The van der Waals surface area contributed by atoms with Gasteiger partial charge in [-0.15, -0.1) is 0 Å². The third kappa shape index (κ3) is 3.90. The Labute approximate surface area is 150 Å². The number of likely N-dealkylation sites (tertiary alicyclic amines) is 1. The summed E-state index contributed by atoms with van der Waals surface area (Å²) in [7, 11) is 0. The monoisotopic (exact) mass is 390 g/mol. The van der Waals surface area contributed by atoms with Crippen molar-refractivity contribution in [2.24, 2.45) is 0 Å². The Bertz CT molecular complexity index is 724. The number of hydrogen-bond donors (Lipinski definition) is 1. The first-order chi connectivity index (χ1) is 11.7. The summed E-state index contributed by atoms with van der Waals surface area (Å²) in [4.78, 5) is 6.60. The lowest BCUT2D eigenvalue weighted by Gasteiger charge is -2.30. The number of nitrogens with zero attached hydrogens (tertiary/aromatic N) is 3. The van der Waals surface area contributed by atoms with Crippen LogP contribution in [0.2, 0.25) is 0 Å². The Balaban J connectivity index is 0.000000143. The summed E-state index contributed by atoms with van der Waals surface area (Å²) in [6, 6.07) is 4.51. The van der Waals surface area contributed by atoms with Gasteiger partial charge in [-0.25, -0.2) is 4.98 Å². The van der Waals surface area contributed by atoms with Gasteiger partial charge < -0.3 is 15.1 Å². The third-order valence-corrected chi connectivity index (χ3v) is 5.72. The lowest BCUT2D eigenvalue weighted by Crippen LogP contribution is -2.34. The second kappa shape index (κ2) is 8.00. The van der Waals surface area contributed by atoms with Crippen molar-refractivity contribution in [2.75, 3.05) is 18.8 Å². The van der Waals surface area contributed by atoms with Gasteiger partial charge in [-0.2, -0.15) is 5.26 Å². The number of rotatable bonds is 1. The van der Waals surface area contributed by atoms with Crippen molar-refractivity contribution < 1.29 is 4.42 Å². The molecule has 1 saturated carbocycles. The Kier molecular flexibility index (Phi) is 5.75. The minimum Gasteiger partial charge on any atom is -0.444 e. The minimum absolute atomic E-state index is 0.253. The Hall–Kier alpha value is -1.58. The summed E-state index contributed by atoms with van der Waals surface area (Å²) in [6.45, 7) is 2.79. The quantitative estimate of drug-likeness (QED) is 0.777. The first-order valence-corrected chi connectivity index (χ1v) is 9.46. The molecule has 0 bridgehead atoms. The number of fused-ring (bicyclic) bond motifs is 1. The molecule has 0 radical (unpaired) electrons. The summed E-state index contributed by atoms with van der Waals surface area (Å²) in [5.74, 6) is 0.640. The van der Waals surface area contributed by atoms with Crippen molar-refractivity contribution in [3.05, 3.63) is 22.5 Å². The second-order valence-corrected chi connectivity index (χ2v) is 7.29. The smallest absolute Gasteiger partial charge is 0.204 e. The van der Waals surface area contributed by atoms with Crippen LogP contribution in [0, 0.1) is 11.3 Å². The van der Waals surface area contributed by atoms with Gasteiger partial charge in [-0.05, 0) is 54.7 Å².